The van der Waals surface area contributed by atoms with Crippen LogP contribution in [0.3, 0.4) is 0 Å². The Morgan fingerprint density at radius 1 is 1.53 bits per heavy atom. The monoisotopic (exact) mass is 263 g/mol. The van der Waals surface area contributed by atoms with Gasteiger partial charge in [-0.2, -0.15) is 5.26 Å². The molecule has 1 aromatic heterocycles. The summed E-state index contributed by atoms with van der Waals surface area (Å²) in [6, 6.07) is 6.32. The highest BCUT2D eigenvalue weighted by molar-refractivity contribution is 8.01. The lowest BCUT2D eigenvalue weighted by molar-refractivity contribution is -0.385. The SMILES string of the molecule is N#Cc1ccc(Sc2nccs2)cc1[N+](=O)[O-]. The summed E-state index contributed by atoms with van der Waals surface area (Å²) in [5.74, 6) is 0. The van der Waals surface area contributed by atoms with Gasteiger partial charge in [0.25, 0.3) is 5.69 Å². The molecule has 0 saturated heterocycles. The lowest BCUT2D eigenvalue weighted by atomic mass is 10.2. The van der Waals surface area contributed by atoms with Gasteiger partial charge in [0.1, 0.15) is 11.6 Å². The number of benzene rings is 1. The number of nitro groups is 1. The van der Waals surface area contributed by atoms with Crippen LogP contribution in [0.1, 0.15) is 5.56 Å². The minimum atomic E-state index is -0.551. The minimum Gasteiger partial charge on any atom is -0.258 e. The van der Waals surface area contributed by atoms with Gasteiger partial charge in [-0.05, 0) is 12.1 Å². The van der Waals surface area contributed by atoms with E-state index in [1.807, 2.05) is 5.38 Å². The first kappa shape index (κ1) is 11.6. The van der Waals surface area contributed by atoms with Gasteiger partial charge in [-0.1, -0.05) is 11.8 Å². The van der Waals surface area contributed by atoms with Crippen molar-refractivity contribution in [2.24, 2.45) is 0 Å². The fraction of sp³-hybridized carbons (Fsp3) is 0. The summed E-state index contributed by atoms with van der Waals surface area (Å²) in [4.78, 5) is 15.0. The lowest BCUT2D eigenvalue weighted by Gasteiger charge is -1.99. The van der Waals surface area contributed by atoms with Crippen LogP contribution >= 0.6 is 23.1 Å². The predicted molar refractivity (Wildman–Crippen MR) is 64.0 cm³/mol. The second kappa shape index (κ2) is 4.95. The van der Waals surface area contributed by atoms with Gasteiger partial charge in [-0.3, -0.25) is 10.1 Å². The van der Waals surface area contributed by atoms with E-state index in [9.17, 15) is 10.1 Å². The number of nitriles is 1. The van der Waals surface area contributed by atoms with E-state index in [1.54, 1.807) is 18.3 Å². The van der Waals surface area contributed by atoms with Crippen molar-refractivity contribution in [1.29, 1.82) is 5.26 Å². The summed E-state index contributed by atoms with van der Waals surface area (Å²) in [6.07, 6.45) is 1.67. The Hall–Kier alpha value is -1.91. The van der Waals surface area contributed by atoms with E-state index in [1.165, 1.54) is 35.2 Å². The van der Waals surface area contributed by atoms with Gasteiger partial charge in [-0.15, -0.1) is 11.3 Å². The Kier molecular flexibility index (Phi) is 3.37. The molecule has 5 nitrogen and oxygen atoms in total. The third-order valence-electron chi connectivity index (χ3n) is 1.90. The molecule has 1 aromatic carbocycles. The second-order valence-corrected chi connectivity index (χ2v) is 5.16. The van der Waals surface area contributed by atoms with E-state index in [4.69, 9.17) is 5.26 Å². The number of hydrogen-bond donors (Lipinski definition) is 0. The van der Waals surface area contributed by atoms with Crippen LogP contribution in [0, 0.1) is 21.4 Å². The molecule has 0 aliphatic rings. The van der Waals surface area contributed by atoms with Gasteiger partial charge in [0.15, 0.2) is 4.34 Å². The number of hydrogen-bond acceptors (Lipinski definition) is 6. The summed E-state index contributed by atoms with van der Waals surface area (Å²) >= 11 is 2.80. The molecule has 2 rings (SSSR count). The molecule has 0 unspecified atom stereocenters. The number of nitro benzene ring substituents is 1. The Labute approximate surface area is 105 Å². The summed E-state index contributed by atoms with van der Waals surface area (Å²) in [5.41, 5.74) is -0.104. The van der Waals surface area contributed by atoms with Crippen molar-refractivity contribution in [3.63, 3.8) is 0 Å². The molecule has 0 saturated carbocycles. The molecule has 7 heteroatoms. The molecular formula is C10H5N3O2S2. The zero-order chi connectivity index (χ0) is 12.3. The quantitative estimate of drug-likeness (QED) is 0.628. The highest BCUT2D eigenvalue weighted by Gasteiger charge is 2.14. The molecule has 0 fully saturated rings. The maximum atomic E-state index is 10.8. The first-order valence-corrected chi connectivity index (χ1v) is 6.16. The zero-order valence-corrected chi connectivity index (χ0v) is 9.99. The Bertz CT molecular complexity index is 590. The van der Waals surface area contributed by atoms with Crippen LogP contribution in [-0.2, 0) is 0 Å². The molecule has 0 bridgehead atoms. The van der Waals surface area contributed by atoms with Crippen LogP contribution in [-0.4, -0.2) is 9.91 Å². The molecular weight excluding hydrogens is 258 g/mol. The third kappa shape index (κ3) is 2.61. The van der Waals surface area contributed by atoms with Crippen LogP contribution in [0.4, 0.5) is 5.69 Å². The van der Waals surface area contributed by atoms with Gasteiger partial charge < -0.3 is 0 Å². The summed E-state index contributed by atoms with van der Waals surface area (Å²) in [5, 5.41) is 21.3. The minimum absolute atomic E-state index is 0.0680. The first-order valence-electron chi connectivity index (χ1n) is 4.46. The van der Waals surface area contributed by atoms with Crippen molar-refractivity contribution in [2.75, 3.05) is 0 Å². The topological polar surface area (TPSA) is 79.8 Å². The van der Waals surface area contributed by atoms with E-state index < -0.39 is 4.92 Å². The molecule has 0 aliphatic carbocycles. The van der Waals surface area contributed by atoms with Crippen molar-refractivity contribution in [3.8, 4) is 6.07 Å². The molecule has 0 aliphatic heterocycles. The van der Waals surface area contributed by atoms with Gasteiger partial charge in [0.2, 0.25) is 0 Å². The van der Waals surface area contributed by atoms with E-state index in [0.29, 0.717) is 4.90 Å². The molecule has 84 valence electrons. The average Bonchev–Trinajstić information content (AvgIpc) is 2.81. The van der Waals surface area contributed by atoms with E-state index >= 15 is 0 Å². The summed E-state index contributed by atoms with van der Waals surface area (Å²) in [6.45, 7) is 0. The van der Waals surface area contributed by atoms with Crippen molar-refractivity contribution in [2.45, 2.75) is 9.24 Å². The summed E-state index contributed by atoms with van der Waals surface area (Å²) in [7, 11) is 0. The molecule has 0 radical (unpaired) electrons. The predicted octanol–water partition coefficient (Wildman–Crippen LogP) is 3.07. The van der Waals surface area contributed by atoms with Crippen molar-refractivity contribution in [3.05, 3.63) is 45.5 Å². The molecule has 0 spiro atoms. The van der Waals surface area contributed by atoms with Gasteiger partial charge in [-0.25, -0.2) is 4.98 Å². The standard InChI is InChI=1S/C10H5N3O2S2/c11-6-7-1-2-8(5-9(7)13(14)15)17-10-12-3-4-16-10/h1-5H. The Balaban J connectivity index is 2.35. The maximum Gasteiger partial charge on any atom is 0.288 e. The third-order valence-corrected chi connectivity index (χ3v) is 3.77. The molecule has 0 amide bonds. The van der Waals surface area contributed by atoms with Crippen molar-refractivity contribution in [1.82, 2.24) is 4.98 Å². The van der Waals surface area contributed by atoms with Crippen LogP contribution in [0.25, 0.3) is 0 Å². The fourth-order valence-electron chi connectivity index (χ4n) is 1.18. The number of thiazole rings is 1. The van der Waals surface area contributed by atoms with Gasteiger partial charge >= 0.3 is 0 Å². The van der Waals surface area contributed by atoms with Crippen molar-refractivity contribution < 1.29 is 4.92 Å². The molecule has 1 heterocycles. The Morgan fingerprint density at radius 3 is 2.94 bits per heavy atom. The lowest BCUT2D eigenvalue weighted by Crippen LogP contribution is -1.92. The molecule has 17 heavy (non-hydrogen) atoms. The summed E-state index contributed by atoms with van der Waals surface area (Å²) < 4.78 is 0.809. The van der Waals surface area contributed by atoms with Crippen LogP contribution in [0.2, 0.25) is 0 Å². The largest absolute Gasteiger partial charge is 0.288 e. The molecule has 0 N–H and O–H groups in total. The highest BCUT2D eigenvalue weighted by Crippen LogP contribution is 2.32. The normalized spacial score (nSPS) is 9.82. The second-order valence-electron chi connectivity index (χ2n) is 2.95. The maximum absolute atomic E-state index is 10.8. The number of nitrogens with zero attached hydrogens (tertiary/aromatic N) is 3. The zero-order valence-electron chi connectivity index (χ0n) is 8.36. The molecule has 2 aromatic rings. The Morgan fingerprint density at radius 2 is 2.35 bits per heavy atom. The van der Waals surface area contributed by atoms with Gasteiger partial charge in [0, 0.05) is 22.5 Å². The smallest absolute Gasteiger partial charge is 0.258 e. The van der Waals surface area contributed by atoms with Crippen LogP contribution in [0.15, 0.2) is 39.0 Å². The van der Waals surface area contributed by atoms with E-state index in [0.717, 1.165) is 4.34 Å². The van der Waals surface area contributed by atoms with Crippen LogP contribution in [0.5, 0.6) is 0 Å². The average molecular weight is 263 g/mol. The van der Waals surface area contributed by atoms with E-state index in [-0.39, 0.29) is 11.3 Å². The fourth-order valence-corrected chi connectivity index (χ4v) is 2.81. The van der Waals surface area contributed by atoms with Crippen molar-refractivity contribution >= 4 is 28.8 Å². The van der Waals surface area contributed by atoms with Gasteiger partial charge in [0.05, 0.1) is 4.92 Å². The molecule has 0 atom stereocenters. The van der Waals surface area contributed by atoms with E-state index in [2.05, 4.69) is 4.98 Å². The number of aromatic nitrogens is 1. The first-order chi connectivity index (χ1) is 8.20. The number of rotatable bonds is 3. The van der Waals surface area contributed by atoms with Crippen LogP contribution < -0.4 is 0 Å². The highest BCUT2D eigenvalue weighted by atomic mass is 32.2.